The largest absolute Gasteiger partial charge is 0.497 e. The van der Waals surface area contributed by atoms with E-state index in [1.807, 2.05) is 42.5 Å². The van der Waals surface area contributed by atoms with Crippen molar-refractivity contribution in [2.24, 2.45) is 4.99 Å². The summed E-state index contributed by atoms with van der Waals surface area (Å²) in [6, 6.07) is 16.1. The predicted molar refractivity (Wildman–Crippen MR) is 98.9 cm³/mol. The summed E-state index contributed by atoms with van der Waals surface area (Å²) in [5.74, 6) is 0.557. The Kier molecular flexibility index (Phi) is 5.48. The van der Waals surface area contributed by atoms with Crippen molar-refractivity contribution < 1.29 is 14.3 Å². The van der Waals surface area contributed by atoms with E-state index in [1.165, 1.54) is 0 Å². The number of hydrogen-bond acceptors (Lipinski definition) is 5. The number of benzene rings is 2. The van der Waals surface area contributed by atoms with Crippen LogP contribution < -0.4 is 20.7 Å². The molecule has 2 aromatic carbocycles. The van der Waals surface area contributed by atoms with Crippen molar-refractivity contribution >= 4 is 23.5 Å². The Morgan fingerprint density at radius 3 is 2.58 bits per heavy atom. The number of rotatable bonds is 6. The zero-order valence-corrected chi connectivity index (χ0v) is 14.4. The van der Waals surface area contributed by atoms with Crippen molar-refractivity contribution in [2.75, 3.05) is 12.4 Å². The maximum Gasteiger partial charge on any atom is 0.252 e. The molecule has 0 unspecified atom stereocenters. The van der Waals surface area contributed by atoms with Gasteiger partial charge in [0.1, 0.15) is 11.8 Å². The summed E-state index contributed by atoms with van der Waals surface area (Å²) in [5.41, 5.74) is 1.76. The van der Waals surface area contributed by atoms with Crippen LogP contribution in [0.25, 0.3) is 0 Å². The van der Waals surface area contributed by atoms with Gasteiger partial charge in [-0.2, -0.15) is 0 Å². The minimum atomic E-state index is -0.730. The molecule has 1 aliphatic heterocycles. The number of nitrogens with one attached hydrogen (secondary N) is 3. The molecule has 0 bridgehead atoms. The van der Waals surface area contributed by atoms with Gasteiger partial charge in [-0.25, -0.2) is 4.99 Å². The van der Waals surface area contributed by atoms with Crippen LogP contribution in [0.1, 0.15) is 12.0 Å². The standard InChI is InChI=1S/C19H20N4O3/c1-26-15-9-7-14(8-10-15)21-19-22-16(18(25)23-19)11-17(24)20-12-13-5-3-2-4-6-13/h2-10,16H,11-12H2,1H3,(H,20,24)(H2,21,22,23,25)/t16-/m1/s1. The maximum atomic E-state index is 12.1. The first kappa shape index (κ1) is 17.5. The van der Waals surface area contributed by atoms with Gasteiger partial charge in [0, 0.05) is 12.2 Å². The van der Waals surface area contributed by atoms with Crippen LogP contribution in [-0.2, 0) is 16.1 Å². The summed E-state index contributed by atoms with van der Waals surface area (Å²) < 4.78 is 5.10. The molecule has 0 aromatic heterocycles. The number of aliphatic imine (C=N–C) groups is 1. The highest BCUT2D eigenvalue weighted by Gasteiger charge is 2.28. The molecule has 2 aromatic rings. The summed E-state index contributed by atoms with van der Waals surface area (Å²) in [6.07, 6.45) is 0.00641. The van der Waals surface area contributed by atoms with Gasteiger partial charge in [0.15, 0.2) is 0 Å². The summed E-state index contributed by atoms with van der Waals surface area (Å²) in [7, 11) is 1.59. The number of guanidine groups is 1. The van der Waals surface area contributed by atoms with Gasteiger partial charge in [0.25, 0.3) is 5.91 Å². The molecule has 0 saturated carbocycles. The summed E-state index contributed by atoms with van der Waals surface area (Å²) >= 11 is 0. The molecule has 7 heteroatoms. The lowest BCUT2D eigenvalue weighted by Gasteiger charge is -2.06. The highest BCUT2D eigenvalue weighted by Crippen LogP contribution is 2.16. The van der Waals surface area contributed by atoms with E-state index in [-0.39, 0.29) is 18.2 Å². The molecule has 0 spiro atoms. The molecule has 2 amide bonds. The topological polar surface area (TPSA) is 91.8 Å². The second kappa shape index (κ2) is 8.15. The van der Waals surface area contributed by atoms with E-state index in [0.29, 0.717) is 12.5 Å². The maximum absolute atomic E-state index is 12.1. The average molecular weight is 352 g/mol. The fraction of sp³-hybridized carbons (Fsp3) is 0.211. The Morgan fingerprint density at radius 2 is 1.88 bits per heavy atom. The minimum Gasteiger partial charge on any atom is -0.497 e. The van der Waals surface area contributed by atoms with Gasteiger partial charge >= 0.3 is 0 Å². The number of amides is 2. The van der Waals surface area contributed by atoms with Gasteiger partial charge < -0.3 is 15.4 Å². The molecule has 26 heavy (non-hydrogen) atoms. The van der Waals surface area contributed by atoms with Crippen molar-refractivity contribution in [3.05, 3.63) is 60.2 Å². The highest BCUT2D eigenvalue weighted by molar-refractivity contribution is 6.11. The number of ether oxygens (including phenoxy) is 1. The van der Waals surface area contributed by atoms with Crippen molar-refractivity contribution in [3.8, 4) is 5.75 Å². The second-order valence-corrected chi connectivity index (χ2v) is 5.80. The SMILES string of the molecule is COc1ccc(NC2=N[C@H](CC(=O)NCc3ccccc3)C(=O)N2)cc1. The molecule has 3 rings (SSSR count). The Labute approximate surface area is 151 Å². The van der Waals surface area contributed by atoms with E-state index < -0.39 is 6.04 Å². The van der Waals surface area contributed by atoms with Gasteiger partial charge in [-0.05, 0) is 29.8 Å². The van der Waals surface area contributed by atoms with Crippen LogP contribution in [0.3, 0.4) is 0 Å². The first-order chi connectivity index (χ1) is 12.6. The van der Waals surface area contributed by atoms with Crippen LogP contribution >= 0.6 is 0 Å². The molecule has 134 valence electrons. The molecule has 1 aliphatic rings. The lowest BCUT2D eigenvalue weighted by Crippen LogP contribution is -2.35. The molecule has 1 heterocycles. The first-order valence-corrected chi connectivity index (χ1v) is 8.24. The summed E-state index contributed by atoms with van der Waals surface area (Å²) in [6.45, 7) is 0.425. The zero-order chi connectivity index (χ0) is 18.4. The third kappa shape index (κ3) is 4.60. The molecular formula is C19H20N4O3. The molecule has 0 fully saturated rings. The fourth-order valence-corrected chi connectivity index (χ4v) is 2.50. The van der Waals surface area contributed by atoms with Gasteiger partial charge in [-0.1, -0.05) is 30.3 Å². The zero-order valence-electron chi connectivity index (χ0n) is 14.4. The molecule has 0 radical (unpaired) electrons. The Morgan fingerprint density at radius 1 is 1.15 bits per heavy atom. The third-order valence-electron chi connectivity index (χ3n) is 3.89. The lowest BCUT2D eigenvalue weighted by molar-refractivity contribution is -0.126. The van der Waals surface area contributed by atoms with Gasteiger partial charge in [-0.15, -0.1) is 0 Å². The van der Waals surface area contributed by atoms with E-state index in [9.17, 15) is 9.59 Å². The number of hydrogen-bond donors (Lipinski definition) is 3. The van der Waals surface area contributed by atoms with E-state index in [0.717, 1.165) is 17.0 Å². The number of nitrogens with zero attached hydrogens (tertiary/aromatic N) is 1. The van der Waals surface area contributed by atoms with Gasteiger partial charge in [0.05, 0.1) is 13.5 Å². The quantitative estimate of drug-likeness (QED) is 0.737. The van der Waals surface area contributed by atoms with Crippen molar-refractivity contribution in [2.45, 2.75) is 19.0 Å². The number of anilines is 1. The van der Waals surface area contributed by atoms with Crippen molar-refractivity contribution in [3.63, 3.8) is 0 Å². The molecule has 0 aliphatic carbocycles. The van der Waals surface area contributed by atoms with Crippen LogP contribution in [0.2, 0.25) is 0 Å². The van der Waals surface area contributed by atoms with Gasteiger partial charge in [-0.3, -0.25) is 14.9 Å². The normalized spacial score (nSPS) is 15.8. The van der Waals surface area contributed by atoms with Crippen LogP contribution in [-0.4, -0.2) is 30.9 Å². The van der Waals surface area contributed by atoms with Crippen LogP contribution in [0.15, 0.2) is 59.6 Å². The van der Waals surface area contributed by atoms with E-state index >= 15 is 0 Å². The van der Waals surface area contributed by atoms with Crippen LogP contribution in [0, 0.1) is 0 Å². The first-order valence-electron chi connectivity index (χ1n) is 8.24. The fourth-order valence-electron chi connectivity index (χ4n) is 2.50. The minimum absolute atomic E-state index is 0.00641. The molecular weight excluding hydrogens is 332 g/mol. The average Bonchev–Trinajstić information content (AvgIpc) is 3.00. The Balaban J connectivity index is 1.52. The third-order valence-corrected chi connectivity index (χ3v) is 3.89. The van der Waals surface area contributed by atoms with E-state index in [2.05, 4.69) is 20.9 Å². The molecule has 3 N–H and O–H groups in total. The number of carbonyl (C=O) groups is 2. The second-order valence-electron chi connectivity index (χ2n) is 5.80. The molecule has 1 atom stereocenters. The van der Waals surface area contributed by atoms with Crippen molar-refractivity contribution in [1.82, 2.24) is 10.6 Å². The van der Waals surface area contributed by atoms with Gasteiger partial charge in [0.2, 0.25) is 11.9 Å². The van der Waals surface area contributed by atoms with E-state index in [1.54, 1.807) is 19.2 Å². The van der Waals surface area contributed by atoms with Crippen molar-refractivity contribution in [1.29, 1.82) is 0 Å². The smallest absolute Gasteiger partial charge is 0.252 e. The molecule has 7 nitrogen and oxygen atoms in total. The predicted octanol–water partition coefficient (Wildman–Crippen LogP) is 1.67. The van der Waals surface area contributed by atoms with E-state index in [4.69, 9.17) is 4.74 Å². The number of carbonyl (C=O) groups excluding carboxylic acids is 2. The lowest BCUT2D eigenvalue weighted by atomic mass is 10.2. The summed E-state index contributed by atoms with van der Waals surface area (Å²) in [5, 5.41) is 8.46. The Hall–Kier alpha value is -3.35. The highest BCUT2D eigenvalue weighted by atomic mass is 16.5. The van der Waals surface area contributed by atoms with Crippen LogP contribution in [0.5, 0.6) is 5.75 Å². The Bertz CT molecular complexity index is 803. The summed E-state index contributed by atoms with van der Waals surface area (Å²) in [4.78, 5) is 28.3. The van der Waals surface area contributed by atoms with Crippen LogP contribution in [0.4, 0.5) is 5.69 Å². The monoisotopic (exact) mass is 352 g/mol. The number of methoxy groups -OCH3 is 1. The molecule has 0 saturated heterocycles.